The zero-order valence-corrected chi connectivity index (χ0v) is 17.7. The van der Waals surface area contributed by atoms with E-state index in [1.54, 1.807) is 11.8 Å². The number of halogens is 1. The minimum atomic E-state index is -3.95. The largest absolute Gasteiger partial charge is 0.411 e. The fourth-order valence-electron chi connectivity index (χ4n) is 3.24. The zero-order valence-electron chi connectivity index (χ0n) is 16.1. The molecule has 0 bridgehead atoms. The molecule has 0 spiro atoms. The first-order valence-corrected chi connectivity index (χ1v) is 11.7. The number of carbonyl (C=O) groups excluding carboxylic acids is 1. The van der Waals surface area contributed by atoms with Crippen LogP contribution in [0.2, 0.25) is 0 Å². The van der Waals surface area contributed by atoms with Gasteiger partial charge in [0.05, 0.1) is 10.6 Å². The molecule has 1 aliphatic rings. The van der Waals surface area contributed by atoms with Gasteiger partial charge in [0.2, 0.25) is 0 Å². The van der Waals surface area contributed by atoms with Gasteiger partial charge in [-0.15, -0.1) is 21.5 Å². The zero-order chi connectivity index (χ0) is 21.3. The average Bonchev–Trinajstić information content (AvgIpc) is 3.35. The maximum atomic E-state index is 13.4. The molecule has 0 aliphatic carbocycles. The van der Waals surface area contributed by atoms with E-state index in [1.807, 2.05) is 0 Å². The molecular weight excluding hydrogens is 431 g/mol. The summed E-state index contributed by atoms with van der Waals surface area (Å²) < 4.78 is 46.7. The number of amides is 1. The fraction of sp³-hybridized carbons (Fsp3) is 0.316. The van der Waals surface area contributed by atoms with Crippen LogP contribution in [0.3, 0.4) is 0 Å². The molecule has 3 heterocycles. The van der Waals surface area contributed by atoms with Crippen molar-refractivity contribution in [3.05, 3.63) is 46.9 Å². The van der Waals surface area contributed by atoms with Crippen molar-refractivity contribution in [2.24, 2.45) is 0 Å². The molecule has 3 aromatic rings. The first-order valence-electron chi connectivity index (χ1n) is 9.35. The van der Waals surface area contributed by atoms with Crippen molar-refractivity contribution < 1.29 is 22.0 Å². The highest BCUT2D eigenvalue weighted by atomic mass is 32.2. The predicted octanol–water partition coefficient (Wildman–Crippen LogP) is 3.67. The summed E-state index contributed by atoms with van der Waals surface area (Å²) in [6, 6.07) is 6.60. The second-order valence-electron chi connectivity index (χ2n) is 6.91. The van der Waals surface area contributed by atoms with Crippen molar-refractivity contribution in [3.63, 3.8) is 0 Å². The number of likely N-dealkylation sites (tertiary alicyclic amines) is 1. The monoisotopic (exact) mass is 450 g/mol. The first kappa shape index (κ1) is 20.5. The number of nitrogens with one attached hydrogen (secondary N) is 1. The van der Waals surface area contributed by atoms with E-state index in [1.165, 1.54) is 24.3 Å². The summed E-state index contributed by atoms with van der Waals surface area (Å²) in [6.07, 6.45) is 2.97. The second-order valence-corrected chi connectivity index (χ2v) is 9.82. The molecule has 2 aromatic heterocycles. The normalized spacial score (nSPS) is 14.7. The van der Waals surface area contributed by atoms with E-state index < -0.39 is 15.8 Å². The van der Waals surface area contributed by atoms with Gasteiger partial charge in [-0.3, -0.25) is 9.52 Å². The van der Waals surface area contributed by atoms with Gasteiger partial charge >= 0.3 is 11.8 Å². The van der Waals surface area contributed by atoms with Crippen LogP contribution >= 0.6 is 11.3 Å². The van der Waals surface area contributed by atoms with Crippen molar-refractivity contribution in [1.29, 1.82) is 0 Å². The van der Waals surface area contributed by atoms with Crippen LogP contribution in [0, 0.1) is 12.7 Å². The number of aromatic nitrogens is 2. The molecule has 0 saturated carbocycles. The van der Waals surface area contributed by atoms with E-state index in [-0.39, 0.29) is 28.3 Å². The number of aryl methyl sites for hydroxylation is 1. The Balaban J connectivity index is 1.57. The summed E-state index contributed by atoms with van der Waals surface area (Å²) in [5.41, 5.74) is 0.120. The molecule has 1 amide bonds. The quantitative estimate of drug-likeness (QED) is 0.636. The van der Waals surface area contributed by atoms with Crippen LogP contribution in [0.5, 0.6) is 0 Å². The number of rotatable bonds is 5. The maximum Gasteiger partial charge on any atom is 0.311 e. The minimum absolute atomic E-state index is 0.0221. The summed E-state index contributed by atoms with van der Waals surface area (Å²) in [7, 11) is -3.95. The van der Waals surface area contributed by atoms with Crippen molar-refractivity contribution in [3.8, 4) is 10.8 Å². The highest BCUT2D eigenvalue weighted by Crippen LogP contribution is 2.34. The number of benzene rings is 1. The Labute approximate surface area is 176 Å². The van der Waals surface area contributed by atoms with Gasteiger partial charge in [0.1, 0.15) is 10.7 Å². The van der Waals surface area contributed by atoms with Crippen LogP contribution in [0.25, 0.3) is 10.8 Å². The van der Waals surface area contributed by atoms with E-state index in [0.717, 1.165) is 36.7 Å². The summed E-state index contributed by atoms with van der Waals surface area (Å²) in [5.74, 6) is -0.895. The molecule has 0 unspecified atom stereocenters. The summed E-state index contributed by atoms with van der Waals surface area (Å²) >= 11 is 1.15. The molecule has 0 radical (unpaired) electrons. The third-order valence-electron chi connectivity index (χ3n) is 4.70. The van der Waals surface area contributed by atoms with Gasteiger partial charge in [0.15, 0.2) is 0 Å². The van der Waals surface area contributed by atoms with Gasteiger partial charge < -0.3 is 9.32 Å². The molecule has 1 aliphatic heterocycles. The number of thiophene rings is 1. The smallest absolute Gasteiger partial charge is 0.311 e. The van der Waals surface area contributed by atoms with Gasteiger partial charge in [-0.2, -0.15) is 0 Å². The summed E-state index contributed by atoms with van der Waals surface area (Å²) in [6.45, 7) is 2.95. The van der Waals surface area contributed by atoms with Gasteiger partial charge in [0, 0.05) is 18.0 Å². The van der Waals surface area contributed by atoms with Gasteiger partial charge in [0.25, 0.3) is 15.9 Å². The van der Waals surface area contributed by atoms with Gasteiger partial charge in [-0.05, 0) is 50.5 Å². The number of carbonyl (C=O) groups is 1. The fourth-order valence-corrected chi connectivity index (χ4v) is 5.80. The third-order valence-corrected chi connectivity index (χ3v) is 7.38. The summed E-state index contributed by atoms with van der Waals surface area (Å²) in [5, 5.41) is 7.75. The molecule has 1 N–H and O–H groups in total. The van der Waals surface area contributed by atoms with Crippen molar-refractivity contribution >= 4 is 33.0 Å². The molecule has 1 fully saturated rings. The molecule has 0 atom stereocenters. The van der Waals surface area contributed by atoms with E-state index in [2.05, 4.69) is 14.9 Å². The Morgan fingerprint density at radius 3 is 2.70 bits per heavy atom. The van der Waals surface area contributed by atoms with Crippen molar-refractivity contribution in [1.82, 2.24) is 15.1 Å². The number of sulfonamides is 1. The van der Waals surface area contributed by atoms with Crippen LogP contribution in [0.15, 0.2) is 39.6 Å². The van der Waals surface area contributed by atoms with Crippen LogP contribution < -0.4 is 4.72 Å². The van der Waals surface area contributed by atoms with E-state index in [9.17, 15) is 17.6 Å². The number of hydrogen-bond donors (Lipinski definition) is 1. The van der Waals surface area contributed by atoms with Gasteiger partial charge in [-0.1, -0.05) is 6.07 Å². The van der Waals surface area contributed by atoms with Crippen molar-refractivity contribution in [2.75, 3.05) is 17.8 Å². The van der Waals surface area contributed by atoms with E-state index in [0.29, 0.717) is 22.8 Å². The molecule has 4 rings (SSSR count). The molecule has 11 heteroatoms. The second kappa shape index (κ2) is 8.15. The lowest BCUT2D eigenvalue weighted by Crippen LogP contribution is -2.35. The molecule has 30 heavy (non-hydrogen) atoms. The molecular formula is C19H19FN4O4S2. The predicted molar refractivity (Wildman–Crippen MR) is 109 cm³/mol. The number of nitrogens with zero attached hydrogens (tertiary/aromatic N) is 3. The SMILES string of the molecule is Cc1sc(-c2nnc(C(=O)N3CCCCC3)o2)cc1S(=O)(=O)Nc1cccc(F)c1. The molecule has 1 aromatic carbocycles. The topological polar surface area (TPSA) is 105 Å². The van der Waals surface area contributed by atoms with Crippen LogP contribution in [0.4, 0.5) is 10.1 Å². The number of anilines is 1. The molecule has 8 nitrogen and oxygen atoms in total. The first-order chi connectivity index (χ1) is 14.3. The Kier molecular flexibility index (Phi) is 5.56. The minimum Gasteiger partial charge on any atom is -0.411 e. The Bertz CT molecular complexity index is 1180. The van der Waals surface area contributed by atoms with Crippen LogP contribution in [-0.2, 0) is 10.0 Å². The molecule has 158 valence electrons. The number of piperidine rings is 1. The van der Waals surface area contributed by atoms with Crippen LogP contribution in [-0.4, -0.2) is 42.5 Å². The average molecular weight is 451 g/mol. The van der Waals surface area contributed by atoms with E-state index >= 15 is 0 Å². The van der Waals surface area contributed by atoms with E-state index in [4.69, 9.17) is 4.42 Å². The lowest BCUT2D eigenvalue weighted by molar-refractivity contribution is 0.0684. The maximum absolute atomic E-state index is 13.4. The third kappa shape index (κ3) is 4.21. The van der Waals surface area contributed by atoms with Gasteiger partial charge in [-0.25, -0.2) is 12.8 Å². The highest BCUT2D eigenvalue weighted by Gasteiger charge is 2.26. The standard InChI is InChI=1S/C19H19FN4O4S2/c1-12-16(30(26,27)23-14-7-5-6-13(20)10-14)11-15(29-12)17-21-22-18(28-17)19(25)24-8-3-2-4-9-24/h5-7,10-11,23H,2-4,8-9H2,1H3. The Morgan fingerprint density at radius 1 is 1.20 bits per heavy atom. The number of hydrogen-bond acceptors (Lipinski definition) is 7. The lowest BCUT2D eigenvalue weighted by Gasteiger charge is -2.24. The van der Waals surface area contributed by atoms with Crippen LogP contribution in [0.1, 0.15) is 34.8 Å². The van der Waals surface area contributed by atoms with Crippen molar-refractivity contribution in [2.45, 2.75) is 31.1 Å². The lowest BCUT2D eigenvalue weighted by atomic mass is 10.1. The summed E-state index contributed by atoms with van der Waals surface area (Å²) in [4.78, 5) is 15.1. The Morgan fingerprint density at radius 2 is 1.97 bits per heavy atom. The Hall–Kier alpha value is -2.79. The highest BCUT2D eigenvalue weighted by molar-refractivity contribution is 7.93. The molecule has 1 saturated heterocycles.